The highest BCUT2D eigenvalue weighted by Gasteiger charge is 2.19. The largest absolute Gasteiger partial charge is 0.462 e. The maximum absolute atomic E-state index is 12.8. The molecule has 68 heavy (non-hydrogen) atoms. The van der Waals surface area contributed by atoms with Gasteiger partial charge in [-0.1, -0.05) is 296 Å². The van der Waals surface area contributed by atoms with E-state index in [0.29, 0.717) is 19.3 Å². The fraction of sp³-hybridized carbons (Fsp3) is 0.919. The minimum absolute atomic E-state index is 0.0662. The number of hydrogen-bond donors (Lipinski definition) is 0. The normalized spacial score (nSPS) is 12.0. The van der Waals surface area contributed by atoms with Gasteiger partial charge in [0.15, 0.2) is 6.10 Å². The Hall–Kier alpha value is -1.85. The van der Waals surface area contributed by atoms with Crippen LogP contribution in [0.1, 0.15) is 348 Å². The van der Waals surface area contributed by atoms with E-state index in [1.165, 1.54) is 244 Å². The number of hydrogen-bond acceptors (Lipinski definition) is 6. The maximum atomic E-state index is 12.8. The van der Waals surface area contributed by atoms with Crippen LogP contribution in [0.25, 0.3) is 0 Å². The first-order valence-electron chi connectivity index (χ1n) is 30.7. The van der Waals surface area contributed by atoms with Crippen molar-refractivity contribution in [3.05, 3.63) is 12.2 Å². The van der Waals surface area contributed by atoms with Crippen molar-refractivity contribution in [1.82, 2.24) is 0 Å². The molecule has 0 bridgehead atoms. The zero-order chi connectivity index (χ0) is 49.3. The first-order valence-corrected chi connectivity index (χ1v) is 30.7. The van der Waals surface area contributed by atoms with Crippen LogP contribution in [0.3, 0.4) is 0 Å². The van der Waals surface area contributed by atoms with Crippen molar-refractivity contribution in [3.63, 3.8) is 0 Å². The van der Waals surface area contributed by atoms with Crippen molar-refractivity contribution in [2.24, 2.45) is 0 Å². The molecule has 0 aliphatic heterocycles. The van der Waals surface area contributed by atoms with Gasteiger partial charge in [-0.2, -0.15) is 0 Å². The first-order chi connectivity index (χ1) is 33.5. The summed E-state index contributed by atoms with van der Waals surface area (Å²) in [5, 5.41) is 0. The summed E-state index contributed by atoms with van der Waals surface area (Å²) in [6.07, 6.45) is 67.0. The number of carbonyl (C=O) groups excluding carboxylic acids is 3. The molecule has 6 heteroatoms. The van der Waals surface area contributed by atoms with Gasteiger partial charge >= 0.3 is 17.9 Å². The summed E-state index contributed by atoms with van der Waals surface area (Å²) in [5.41, 5.74) is 0. The monoisotopic (exact) mass is 959 g/mol. The highest BCUT2D eigenvalue weighted by atomic mass is 16.6. The van der Waals surface area contributed by atoms with Gasteiger partial charge in [0.1, 0.15) is 13.2 Å². The minimum Gasteiger partial charge on any atom is -0.462 e. The van der Waals surface area contributed by atoms with E-state index < -0.39 is 6.10 Å². The fourth-order valence-electron chi connectivity index (χ4n) is 9.38. The Morgan fingerprint density at radius 3 is 0.735 bits per heavy atom. The zero-order valence-electron chi connectivity index (χ0n) is 46.2. The second-order valence-corrected chi connectivity index (χ2v) is 21.0. The molecule has 6 nitrogen and oxygen atoms in total. The van der Waals surface area contributed by atoms with Crippen LogP contribution in [0.15, 0.2) is 12.2 Å². The van der Waals surface area contributed by atoms with E-state index >= 15 is 0 Å². The minimum atomic E-state index is -0.764. The Bertz CT molecular complexity index is 1060. The lowest BCUT2D eigenvalue weighted by molar-refractivity contribution is -0.167. The third kappa shape index (κ3) is 55.1. The van der Waals surface area contributed by atoms with Gasteiger partial charge in [0.25, 0.3) is 0 Å². The number of allylic oxidation sites excluding steroid dienone is 2. The zero-order valence-corrected chi connectivity index (χ0v) is 46.2. The standard InChI is InChI=1S/C62H118O6/c1-4-7-10-13-15-17-19-21-23-25-27-28-29-30-31-32-33-35-36-38-40-42-44-46-49-52-55-61(64)67-58-59(57-66-60(63)54-51-48-12-9-6-3)68-62(65)56-53-50-47-45-43-41-39-37-34-26-24-22-20-18-16-14-11-8-5-2/h22,24,59H,4-21,23,25-58H2,1-3H3/b24-22-. The van der Waals surface area contributed by atoms with E-state index in [1.807, 2.05) is 0 Å². The molecule has 0 aliphatic carbocycles. The molecular formula is C62H118O6. The molecule has 0 saturated carbocycles. The summed E-state index contributed by atoms with van der Waals surface area (Å²) in [7, 11) is 0. The van der Waals surface area contributed by atoms with Crippen LogP contribution in [0.5, 0.6) is 0 Å². The van der Waals surface area contributed by atoms with E-state index in [9.17, 15) is 14.4 Å². The Labute approximate surface area is 424 Å². The van der Waals surface area contributed by atoms with Gasteiger partial charge in [-0.15, -0.1) is 0 Å². The summed E-state index contributed by atoms with van der Waals surface area (Å²) in [5.74, 6) is -0.860. The van der Waals surface area contributed by atoms with Gasteiger partial charge in [0.2, 0.25) is 0 Å². The first kappa shape index (κ1) is 66.2. The Morgan fingerprint density at radius 1 is 0.279 bits per heavy atom. The van der Waals surface area contributed by atoms with Crippen molar-refractivity contribution in [1.29, 1.82) is 0 Å². The molecule has 1 atom stereocenters. The van der Waals surface area contributed by atoms with Gasteiger partial charge in [0.05, 0.1) is 0 Å². The average molecular weight is 960 g/mol. The predicted molar refractivity (Wildman–Crippen MR) is 293 cm³/mol. The van der Waals surface area contributed by atoms with Crippen LogP contribution in [0.2, 0.25) is 0 Å². The van der Waals surface area contributed by atoms with E-state index in [1.54, 1.807) is 0 Å². The number of ether oxygens (including phenoxy) is 3. The van der Waals surface area contributed by atoms with Gasteiger partial charge in [-0.3, -0.25) is 14.4 Å². The van der Waals surface area contributed by atoms with Crippen molar-refractivity contribution in [2.75, 3.05) is 13.2 Å². The van der Waals surface area contributed by atoms with Gasteiger partial charge in [-0.05, 0) is 44.9 Å². The summed E-state index contributed by atoms with van der Waals surface area (Å²) >= 11 is 0. The summed E-state index contributed by atoms with van der Waals surface area (Å²) in [6.45, 7) is 6.61. The van der Waals surface area contributed by atoms with Crippen LogP contribution in [0.4, 0.5) is 0 Å². The van der Waals surface area contributed by atoms with Crippen LogP contribution in [-0.4, -0.2) is 37.2 Å². The molecule has 0 aliphatic rings. The lowest BCUT2D eigenvalue weighted by Gasteiger charge is -2.18. The van der Waals surface area contributed by atoms with Crippen LogP contribution >= 0.6 is 0 Å². The molecule has 0 aromatic heterocycles. The van der Waals surface area contributed by atoms with Gasteiger partial charge in [0, 0.05) is 19.3 Å². The van der Waals surface area contributed by atoms with Crippen molar-refractivity contribution in [2.45, 2.75) is 354 Å². The summed E-state index contributed by atoms with van der Waals surface area (Å²) in [4.78, 5) is 37.8. The fourth-order valence-corrected chi connectivity index (χ4v) is 9.38. The summed E-state index contributed by atoms with van der Waals surface area (Å²) < 4.78 is 16.8. The van der Waals surface area contributed by atoms with Crippen molar-refractivity contribution < 1.29 is 28.6 Å². The van der Waals surface area contributed by atoms with Crippen LogP contribution in [-0.2, 0) is 28.6 Å². The molecule has 0 radical (unpaired) electrons. The molecule has 0 N–H and O–H groups in total. The maximum Gasteiger partial charge on any atom is 0.306 e. The molecule has 0 amide bonds. The summed E-state index contributed by atoms with van der Waals surface area (Å²) in [6, 6.07) is 0. The van der Waals surface area contributed by atoms with Crippen LogP contribution in [0, 0.1) is 0 Å². The second-order valence-electron chi connectivity index (χ2n) is 21.0. The molecule has 402 valence electrons. The van der Waals surface area contributed by atoms with Gasteiger partial charge < -0.3 is 14.2 Å². The predicted octanol–water partition coefficient (Wildman–Crippen LogP) is 20.5. The van der Waals surface area contributed by atoms with E-state index in [2.05, 4.69) is 32.9 Å². The number of unbranched alkanes of at least 4 members (excludes halogenated alkanes) is 44. The molecule has 0 heterocycles. The SMILES string of the molecule is CCCCCCCC/C=C\CCCCCCCCCCCC(=O)OC(COC(=O)CCCCCCC)COC(=O)CCCCCCCCCCCCCCCCCCCCCCCCCCCC. The molecule has 1 unspecified atom stereocenters. The Balaban J connectivity index is 3.97. The van der Waals surface area contributed by atoms with E-state index in [4.69, 9.17) is 14.2 Å². The molecule has 0 aromatic carbocycles. The number of carbonyl (C=O) groups is 3. The molecule has 0 aromatic rings. The quantitative estimate of drug-likeness (QED) is 0.0262. The highest BCUT2D eigenvalue weighted by molar-refractivity contribution is 5.71. The van der Waals surface area contributed by atoms with E-state index in [-0.39, 0.29) is 31.1 Å². The van der Waals surface area contributed by atoms with Crippen molar-refractivity contribution in [3.8, 4) is 0 Å². The second kappa shape index (κ2) is 57.7. The Morgan fingerprint density at radius 2 is 0.485 bits per heavy atom. The average Bonchev–Trinajstić information content (AvgIpc) is 3.34. The molecule has 0 spiro atoms. The van der Waals surface area contributed by atoms with E-state index in [0.717, 1.165) is 64.2 Å². The molecule has 0 saturated heterocycles. The molecular weight excluding hydrogens is 841 g/mol. The lowest BCUT2D eigenvalue weighted by atomic mass is 10.0. The topological polar surface area (TPSA) is 78.9 Å². The smallest absolute Gasteiger partial charge is 0.306 e. The third-order valence-corrected chi connectivity index (χ3v) is 14.0. The van der Waals surface area contributed by atoms with Crippen molar-refractivity contribution >= 4 is 17.9 Å². The van der Waals surface area contributed by atoms with Crippen LogP contribution < -0.4 is 0 Å². The van der Waals surface area contributed by atoms with Gasteiger partial charge in [-0.25, -0.2) is 0 Å². The lowest BCUT2D eigenvalue weighted by Crippen LogP contribution is -2.30. The third-order valence-electron chi connectivity index (χ3n) is 14.0. The molecule has 0 rings (SSSR count). The highest BCUT2D eigenvalue weighted by Crippen LogP contribution is 2.18. The molecule has 0 fully saturated rings. The number of esters is 3. The Kier molecular flexibility index (Phi) is 56.2. The number of rotatable bonds is 57.